The normalized spacial score (nSPS) is 12.3. The molecule has 0 fully saturated rings. The van der Waals surface area contributed by atoms with Crippen molar-refractivity contribution in [3.05, 3.63) is 0 Å². The van der Waals surface area contributed by atoms with Crippen molar-refractivity contribution in [1.29, 1.82) is 0 Å². The van der Waals surface area contributed by atoms with E-state index < -0.39 is 11.8 Å². The second-order valence-electron chi connectivity index (χ2n) is 2.23. The summed E-state index contributed by atoms with van der Waals surface area (Å²) in [5.74, 6) is -1.21. The molecule has 0 amide bonds. The largest absolute Gasteiger partial charge is 0.463 e. The number of hydrogen-bond donors (Lipinski definition) is 0. The third kappa shape index (κ3) is 4.95. The lowest BCUT2D eigenvalue weighted by atomic mass is 10.2. The van der Waals surface area contributed by atoms with E-state index in [2.05, 4.69) is 20.7 Å². The first-order chi connectivity index (χ1) is 5.07. The van der Waals surface area contributed by atoms with Crippen LogP contribution in [-0.2, 0) is 14.3 Å². The summed E-state index contributed by atoms with van der Waals surface area (Å²) < 4.78 is 4.24. The number of halogens is 1. The van der Waals surface area contributed by atoms with Gasteiger partial charge in [-0.3, -0.25) is 4.79 Å². The van der Waals surface area contributed by atoms with Crippen LogP contribution in [-0.4, -0.2) is 23.7 Å². The third-order valence-electron chi connectivity index (χ3n) is 1.18. The lowest BCUT2D eigenvalue weighted by Gasteiger charge is -2.00. The monoisotopic (exact) mass is 222 g/mol. The van der Waals surface area contributed by atoms with Crippen molar-refractivity contribution in [2.75, 3.05) is 7.11 Å². The highest BCUT2D eigenvalue weighted by Gasteiger charge is 2.13. The molecule has 3 nitrogen and oxygen atoms in total. The summed E-state index contributed by atoms with van der Waals surface area (Å²) in [5, 5.41) is 0. The van der Waals surface area contributed by atoms with Gasteiger partial charge in [0.2, 0.25) is 5.78 Å². The minimum absolute atomic E-state index is 0.249. The number of ether oxygens (including phenoxy) is 1. The molecule has 1 atom stereocenters. The Kier molecular flexibility index (Phi) is 5.11. The van der Waals surface area contributed by atoms with E-state index in [1.54, 1.807) is 0 Å². The van der Waals surface area contributed by atoms with Crippen molar-refractivity contribution in [3.8, 4) is 0 Å². The molecule has 0 bridgehead atoms. The highest BCUT2D eigenvalue weighted by Crippen LogP contribution is 2.06. The van der Waals surface area contributed by atoms with Crippen LogP contribution in [0.4, 0.5) is 0 Å². The van der Waals surface area contributed by atoms with Crippen molar-refractivity contribution in [2.24, 2.45) is 0 Å². The number of carbonyl (C=O) groups is 2. The van der Waals surface area contributed by atoms with Crippen LogP contribution in [0.1, 0.15) is 19.8 Å². The van der Waals surface area contributed by atoms with Gasteiger partial charge in [-0.15, -0.1) is 0 Å². The maximum absolute atomic E-state index is 10.8. The summed E-state index contributed by atoms with van der Waals surface area (Å²) in [6, 6.07) is 0. The first-order valence-corrected chi connectivity index (χ1v) is 4.24. The second kappa shape index (κ2) is 5.29. The number of hydrogen-bond acceptors (Lipinski definition) is 3. The van der Waals surface area contributed by atoms with Gasteiger partial charge in [0, 0.05) is 11.2 Å². The van der Waals surface area contributed by atoms with Gasteiger partial charge in [0.25, 0.3) is 0 Å². The van der Waals surface area contributed by atoms with Crippen LogP contribution in [0.2, 0.25) is 0 Å². The average Bonchev–Trinajstić information content (AvgIpc) is 1.98. The first-order valence-electron chi connectivity index (χ1n) is 3.33. The molecule has 4 heteroatoms. The number of esters is 1. The van der Waals surface area contributed by atoms with Crippen LogP contribution >= 0.6 is 15.9 Å². The Balaban J connectivity index is 3.61. The molecule has 0 aromatic heterocycles. The van der Waals surface area contributed by atoms with Crippen LogP contribution in [0.3, 0.4) is 0 Å². The van der Waals surface area contributed by atoms with Crippen molar-refractivity contribution in [2.45, 2.75) is 24.6 Å². The third-order valence-corrected chi connectivity index (χ3v) is 1.64. The van der Waals surface area contributed by atoms with E-state index >= 15 is 0 Å². The zero-order valence-corrected chi connectivity index (χ0v) is 8.18. The summed E-state index contributed by atoms with van der Waals surface area (Å²) in [4.78, 5) is 21.6. The lowest BCUT2D eigenvalue weighted by molar-refractivity contribution is -0.151. The highest BCUT2D eigenvalue weighted by atomic mass is 79.9. The fraction of sp³-hybridized carbons (Fsp3) is 0.714. The summed E-state index contributed by atoms with van der Waals surface area (Å²) in [6.07, 6.45) is 0.910. The second-order valence-corrected chi connectivity index (χ2v) is 3.80. The van der Waals surface area contributed by atoms with Crippen LogP contribution in [0.25, 0.3) is 0 Å². The molecule has 0 saturated heterocycles. The van der Waals surface area contributed by atoms with E-state index in [0.29, 0.717) is 6.42 Å². The maximum atomic E-state index is 10.8. The number of alkyl halides is 1. The van der Waals surface area contributed by atoms with Gasteiger partial charge in [0.05, 0.1) is 7.11 Å². The minimum atomic E-state index is -0.752. The molecule has 0 aromatic rings. The van der Waals surface area contributed by atoms with E-state index in [-0.39, 0.29) is 11.2 Å². The number of ketones is 1. The summed E-state index contributed by atoms with van der Waals surface area (Å²) in [5.41, 5.74) is 0. The van der Waals surface area contributed by atoms with E-state index in [1.807, 2.05) is 6.92 Å². The number of methoxy groups -OCH3 is 1. The molecule has 0 rings (SSSR count). The molecule has 0 aliphatic heterocycles. The molecule has 0 aromatic carbocycles. The van der Waals surface area contributed by atoms with E-state index in [1.165, 1.54) is 7.11 Å². The summed E-state index contributed by atoms with van der Waals surface area (Å²) >= 11 is 3.27. The van der Waals surface area contributed by atoms with E-state index in [9.17, 15) is 9.59 Å². The molecule has 0 spiro atoms. The summed E-state index contributed by atoms with van der Waals surface area (Å²) in [6.45, 7) is 1.92. The van der Waals surface area contributed by atoms with Crippen LogP contribution in [0, 0.1) is 0 Å². The van der Waals surface area contributed by atoms with Gasteiger partial charge in [-0.2, -0.15) is 0 Å². The van der Waals surface area contributed by atoms with Gasteiger partial charge in [0.15, 0.2) is 0 Å². The topological polar surface area (TPSA) is 43.4 Å². The van der Waals surface area contributed by atoms with Crippen LogP contribution < -0.4 is 0 Å². The Morgan fingerprint density at radius 2 is 2.09 bits per heavy atom. The fourth-order valence-electron chi connectivity index (χ4n) is 0.546. The molecule has 0 aliphatic carbocycles. The quantitative estimate of drug-likeness (QED) is 0.409. The molecule has 0 aliphatic rings. The molecular weight excluding hydrogens is 212 g/mol. The van der Waals surface area contributed by atoms with Gasteiger partial charge in [-0.05, 0) is 6.42 Å². The number of rotatable bonds is 4. The first kappa shape index (κ1) is 10.6. The molecule has 1 unspecified atom stereocenters. The Morgan fingerprint density at radius 3 is 2.45 bits per heavy atom. The van der Waals surface area contributed by atoms with Crippen molar-refractivity contribution < 1.29 is 14.3 Å². The van der Waals surface area contributed by atoms with Gasteiger partial charge in [-0.1, -0.05) is 22.9 Å². The molecule has 11 heavy (non-hydrogen) atoms. The highest BCUT2D eigenvalue weighted by molar-refractivity contribution is 9.09. The lowest BCUT2D eigenvalue weighted by Crippen LogP contribution is -2.15. The van der Waals surface area contributed by atoms with Gasteiger partial charge >= 0.3 is 5.97 Å². The SMILES string of the molecule is COC(=O)C(=O)CCC(C)Br. The zero-order chi connectivity index (χ0) is 8.85. The molecule has 0 heterocycles. The zero-order valence-electron chi connectivity index (χ0n) is 6.59. The Hall–Kier alpha value is -0.380. The number of carbonyl (C=O) groups excluding carboxylic acids is 2. The Morgan fingerprint density at radius 1 is 1.55 bits per heavy atom. The van der Waals surface area contributed by atoms with Crippen molar-refractivity contribution in [1.82, 2.24) is 0 Å². The Labute approximate surface area is 74.2 Å². The van der Waals surface area contributed by atoms with Gasteiger partial charge in [0.1, 0.15) is 0 Å². The van der Waals surface area contributed by atoms with Gasteiger partial charge in [-0.25, -0.2) is 4.79 Å². The molecule has 0 saturated carbocycles. The van der Waals surface area contributed by atoms with Crippen LogP contribution in [0.15, 0.2) is 0 Å². The predicted molar refractivity (Wildman–Crippen MR) is 44.6 cm³/mol. The average molecular weight is 223 g/mol. The summed E-state index contributed by atoms with van der Waals surface area (Å²) in [7, 11) is 1.21. The predicted octanol–water partition coefficient (Wildman–Crippen LogP) is 1.29. The number of Topliss-reactive ketones (excluding diaryl/α,β-unsaturated/α-hetero) is 1. The standard InChI is InChI=1S/C7H11BrO3/c1-5(8)3-4-6(9)7(10)11-2/h5H,3-4H2,1-2H3. The van der Waals surface area contributed by atoms with E-state index in [4.69, 9.17) is 0 Å². The molecule has 0 N–H and O–H groups in total. The molecule has 0 radical (unpaired) electrons. The van der Waals surface area contributed by atoms with Gasteiger partial charge < -0.3 is 4.74 Å². The Bertz CT molecular complexity index is 154. The van der Waals surface area contributed by atoms with E-state index in [0.717, 1.165) is 0 Å². The fourth-order valence-corrected chi connectivity index (χ4v) is 0.775. The maximum Gasteiger partial charge on any atom is 0.374 e. The smallest absolute Gasteiger partial charge is 0.374 e. The minimum Gasteiger partial charge on any atom is -0.463 e. The molecular formula is C7H11BrO3. The van der Waals surface area contributed by atoms with Crippen LogP contribution in [0.5, 0.6) is 0 Å². The van der Waals surface area contributed by atoms with Crippen molar-refractivity contribution >= 4 is 27.7 Å². The van der Waals surface area contributed by atoms with Crippen molar-refractivity contribution in [3.63, 3.8) is 0 Å². The molecule has 64 valence electrons.